The number of fused-ring (bicyclic) bond motifs is 1. The van der Waals surface area contributed by atoms with Crippen LogP contribution in [-0.2, 0) is 4.79 Å². The Balaban J connectivity index is 2.38. The molecule has 0 bridgehead atoms. The Morgan fingerprint density at radius 3 is 3.08 bits per heavy atom. The van der Waals surface area contributed by atoms with Gasteiger partial charge in [-0.15, -0.1) is 0 Å². The van der Waals surface area contributed by atoms with E-state index < -0.39 is 0 Å². The molecule has 1 amide bonds. The van der Waals surface area contributed by atoms with Gasteiger partial charge in [-0.1, -0.05) is 11.6 Å². The molecule has 0 saturated carbocycles. The Morgan fingerprint density at radius 2 is 2.31 bits per heavy atom. The number of carbonyl (C=O) groups excluding carboxylic acids is 1. The lowest BCUT2D eigenvalue weighted by Crippen LogP contribution is -2.40. The number of carbonyl (C=O) groups is 1. The first-order valence-corrected chi connectivity index (χ1v) is 4.92. The minimum atomic E-state index is -0.265. The molecule has 0 unspecified atom stereocenters. The van der Waals surface area contributed by atoms with Crippen LogP contribution in [0.1, 0.15) is 0 Å². The normalized spacial score (nSPS) is 31.7. The minimum absolute atomic E-state index is 0.0607. The van der Waals surface area contributed by atoms with Crippen molar-refractivity contribution in [3.8, 4) is 0 Å². The standard InChI is InChI=1S/C8H6BrClN2O/c9-5-2-7-4(1-6(5)10)8(13)12-3-11-7/h1-4,7H,(H,11,12,13)/t4-,7-/m0/s1. The third-order valence-corrected chi connectivity index (χ3v) is 3.24. The number of rotatable bonds is 0. The van der Waals surface area contributed by atoms with Gasteiger partial charge in [0.15, 0.2) is 0 Å². The molecule has 0 aromatic heterocycles. The molecule has 2 rings (SSSR count). The fraction of sp³-hybridized carbons (Fsp3) is 0.250. The van der Waals surface area contributed by atoms with Crippen LogP contribution < -0.4 is 5.32 Å². The van der Waals surface area contributed by atoms with Crippen molar-refractivity contribution in [2.24, 2.45) is 10.9 Å². The van der Waals surface area contributed by atoms with Crippen molar-refractivity contribution in [2.75, 3.05) is 0 Å². The molecule has 0 saturated heterocycles. The molecule has 2 aliphatic rings. The molecule has 1 aliphatic heterocycles. The molecule has 68 valence electrons. The van der Waals surface area contributed by atoms with Gasteiger partial charge in [0.25, 0.3) is 0 Å². The van der Waals surface area contributed by atoms with Gasteiger partial charge in [-0.25, -0.2) is 0 Å². The largest absolute Gasteiger partial charge is 0.317 e. The molecule has 0 radical (unpaired) electrons. The number of aliphatic imine (C=N–C) groups is 1. The van der Waals surface area contributed by atoms with E-state index in [1.807, 2.05) is 6.08 Å². The molecule has 2 atom stereocenters. The maximum atomic E-state index is 11.3. The second-order valence-electron chi connectivity index (χ2n) is 2.83. The first-order valence-electron chi connectivity index (χ1n) is 3.75. The van der Waals surface area contributed by atoms with E-state index in [0.717, 1.165) is 4.48 Å². The Labute approximate surface area is 88.7 Å². The highest BCUT2D eigenvalue weighted by molar-refractivity contribution is 9.12. The van der Waals surface area contributed by atoms with Crippen LogP contribution in [-0.4, -0.2) is 18.3 Å². The first-order chi connectivity index (χ1) is 6.18. The number of nitrogens with zero attached hydrogens (tertiary/aromatic N) is 1. The smallest absolute Gasteiger partial charge is 0.234 e. The molecular weight excluding hydrogens is 255 g/mol. The highest BCUT2D eigenvalue weighted by Gasteiger charge is 2.30. The van der Waals surface area contributed by atoms with Gasteiger partial charge >= 0.3 is 0 Å². The maximum Gasteiger partial charge on any atom is 0.234 e. The summed E-state index contributed by atoms with van der Waals surface area (Å²) in [6.45, 7) is 0. The molecule has 1 heterocycles. The van der Waals surface area contributed by atoms with Gasteiger partial charge < -0.3 is 5.32 Å². The van der Waals surface area contributed by atoms with Crippen molar-refractivity contribution in [3.05, 3.63) is 21.7 Å². The zero-order valence-electron chi connectivity index (χ0n) is 6.50. The molecular formula is C8H6BrClN2O. The van der Waals surface area contributed by atoms with Crippen molar-refractivity contribution < 1.29 is 4.79 Å². The van der Waals surface area contributed by atoms with E-state index in [2.05, 4.69) is 26.2 Å². The summed E-state index contributed by atoms with van der Waals surface area (Å²) in [5.41, 5.74) is 0. The van der Waals surface area contributed by atoms with Crippen LogP contribution in [0.3, 0.4) is 0 Å². The van der Waals surface area contributed by atoms with E-state index in [-0.39, 0.29) is 17.9 Å². The molecule has 3 nitrogen and oxygen atoms in total. The summed E-state index contributed by atoms with van der Waals surface area (Å²) in [4.78, 5) is 15.5. The summed E-state index contributed by atoms with van der Waals surface area (Å²) >= 11 is 9.16. The predicted molar refractivity (Wildman–Crippen MR) is 54.9 cm³/mol. The molecule has 0 aromatic rings. The Hall–Kier alpha value is -0.610. The highest BCUT2D eigenvalue weighted by atomic mass is 79.9. The molecule has 1 N–H and O–H groups in total. The fourth-order valence-corrected chi connectivity index (χ4v) is 1.92. The van der Waals surface area contributed by atoms with Gasteiger partial charge in [0.2, 0.25) is 5.91 Å². The van der Waals surface area contributed by atoms with E-state index in [0.29, 0.717) is 5.03 Å². The van der Waals surface area contributed by atoms with E-state index in [1.54, 1.807) is 6.08 Å². The van der Waals surface area contributed by atoms with Crippen LogP contribution in [0.2, 0.25) is 0 Å². The molecule has 0 aromatic carbocycles. The average molecular weight is 262 g/mol. The van der Waals surface area contributed by atoms with E-state index in [9.17, 15) is 4.79 Å². The third-order valence-electron chi connectivity index (χ3n) is 2.00. The highest BCUT2D eigenvalue weighted by Crippen LogP contribution is 2.32. The summed E-state index contributed by atoms with van der Waals surface area (Å²) in [5, 5.41) is 3.10. The second-order valence-corrected chi connectivity index (χ2v) is 4.09. The quantitative estimate of drug-likeness (QED) is 0.706. The van der Waals surface area contributed by atoms with Crippen LogP contribution >= 0.6 is 27.5 Å². The lowest BCUT2D eigenvalue weighted by atomic mass is 9.94. The molecule has 0 fully saturated rings. The number of halogens is 2. The minimum Gasteiger partial charge on any atom is -0.317 e. The van der Waals surface area contributed by atoms with Gasteiger partial charge in [0, 0.05) is 4.48 Å². The summed E-state index contributed by atoms with van der Waals surface area (Å²) in [6.07, 6.45) is 4.97. The van der Waals surface area contributed by atoms with Crippen molar-refractivity contribution in [3.63, 3.8) is 0 Å². The molecule has 0 spiro atoms. The SMILES string of the molecule is O=C1NC=N[C@H]2C=C(Br)C(Cl)=C[C@H]12. The topological polar surface area (TPSA) is 41.5 Å². The van der Waals surface area contributed by atoms with Crippen LogP contribution in [0.5, 0.6) is 0 Å². The Morgan fingerprint density at radius 1 is 1.54 bits per heavy atom. The molecule has 13 heavy (non-hydrogen) atoms. The summed E-state index contributed by atoms with van der Waals surface area (Å²) in [5.74, 6) is -0.326. The number of hydrogen-bond acceptors (Lipinski definition) is 2. The lowest BCUT2D eigenvalue weighted by molar-refractivity contribution is -0.122. The van der Waals surface area contributed by atoms with Gasteiger partial charge in [0.1, 0.15) is 0 Å². The van der Waals surface area contributed by atoms with Crippen molar-refractivity contribution in [1.82, 2.24) is 5.32 Å². The van der Waals surface area contributed by atoms with E-state index in [4.69, 9.17) is 11.6 Å². The zero-order chi connectivity index (χ0) is 9.42. The van der Waals surface area contributed by atoms with E-state index in [1.165, 1.54) is 6.34 Å². The van der Waals surface area contributed by atoms with Gasteiger partial charge in [-0.05, 0) is 28.1 Å². The molecule has 1 aliphatic carbocycles. The average Bonchev–Trinajstić information content (AvgIpc) is 2.09. The number of hydrogen-bond donors (Lipinski definition) is 1. The van der Waals surface area contributed by atoms with Crippen LogP contribution in [0.15, 0.2) is 26.7 Å². The van der Waals surface area contributed by atoms with Gasteiger partial charge in [0.05, 0.1) is 23.3 Å². The summed E-state index contributed by atoms with van der Waals surface area (Å²) < 4.78 is 0.794. The Bertz CT molecular complexity index is 348. The van der Waals surface area contributed by atoms with Crippen LogP contribution in [0, 0.1) is 5.92 Å². The van der Waals surface area contributed by atoms with Gasteiger partial charge in [-0.2, -0.15) is 0 Å². The first kappa shape index (κ1) is 8.97. The Kier molecular flexibility index (Phi) is 2.26. The predicted octanol–water partition coefficient (Wildman–Crippen LogP) is 1.54. The summed E-state index contributed by atoms with van der Waals surface area (Å²) in [6, 6.07) is -0.120. The van der Waals surface area contributed by atoms with Crippen molar-refractivity contribution in [1.29, 1.82) is 0 Å². The third kappa shape index (κ3) is 1.56. The number of amides is 1. The molecule has 5 heteroatoms. The van der Waals surface area contributed by atoms with E-state index >= 15 is 0 Å². The van der Waals surface area contributed by atoms with Crippen LogP contribution in [0.25, 0.3) is 0 Å². The summed E-state index contributed by atoms with van der Waals surface area (Å²) in [7, 11) is 0. The monoisotopic (exact) mass is 260 g/mol. The lowest BCUT2D eigenvalue weighted by Gasteiger charge is -2.24. The fourth-order valence-electron chi connectivity index (χ4n) is 1.32. The van der Waals surface area contributed by atoms with Gasteiger partial charge in [-0.3, -0.25) is 9.79 Å². The van der Waals surface area contributed by atoms with Crippen molar-refractivity contribution >= 4 is 39.8 Å². The second kappa shape index (κ2) is 3.27. The number of nitrogens with one attached hydrogen (secondary N) is 1. The number of allylic oxidation sites excluding steroid dienone is 2. The van der Waals surface area contributed by atoms with Crippen molar-refractivity contribution in [2.45, 2.75) is 6.04 Å². The van der Waals surface area contributed by atoms with Crippen LogP contribution in [0.4, 0.5) is 0 Å². The maximum absolute atomic E-state index is 11.3. The zero-order valence-corrected chi connectivity index (χ0v) is 8.84.